The van der Waals surface area contributed by atoms with Crippen LogP contribution in [0.1, 0.15) is 55.4 Å². The molecule has 3 rings (SSSR count). The summed E-state index contributed by atoms with van der Waals surface area (Å²) >= 11 is 0. The number of benzene rings is 3. The number of carbonyl (C=O) groups is 2. The van der Waals surface area contributed by atoms with E-state index in [1.807, 2.05) is 100 Å². The predicted molar refractivity (Wildman–Crippen MR) is 173 cm³/mol. The van der Waals surface area contributed by atoms with Gasteiger partial charge in [-0.2, -0.15) is 0 Å². The highest BCUT2D eigenvalue weighted by Crippen LogP contribution is 2.25. The topological polar surface area (TPSA) is 96.0 Å². The fourth-order valence-corrected chi connectivity index (χ4v) is 5.95. The van der Waals surface area contributed by atoms with Crippen LogP contribution in [-0.4, -0.2) is 57.1 Å². The van der Waals surface area contributed by atoms with Gasteiger partial charge in [0.2, 0.25) is 21.8 Å². The van der Waals surface area contributed by atoms with E-state index in [4.69, 9.17) is 4.74 Å². The average Bonchev–Trinajstić information content (AvgIpc) is 2.98. The molecule has 0 heterocycles. The molecule has 0 fully saturated rings. The van der Waals surface area contributed by atoms with Gasteiger partial charge >= 0.3 is 0 Å². The monoisotopic (exact) mass is 607 g/mol. The number of carbonyl (C=O) groups excluding carboxylic acids is 2. The lowest BCUT2D eigenvalue weighted by molar-refractivity contribution is -0.141. The van der Waals surface area contributed by atoms with Crippen molar-refractivity contribution < 1.29 is 22.7 Å². The minimum absolute atomic E-state index is 0.0552. The van der Waals surface area contributed by atoms with Crippen LogP contribution in [0.5, 0.6) is 5.75 Å². The maximum atomic E-state index is 14.0. The molecule has 3 aromatic carbocycles. The van der Waals surface area contributed by atoms with Crippen molar-refractivity contribution in [2.45, 2.75) is 72.0 Å². The number of aryl methyl sites for hydroxylation is 2. The number of nitrogens with zero attached hydrogens (tertiary/aromatic N) is 2. The molecule has 232 valence electrons. The van der Waals surface area contributed by atoms with Crippen molar-refractivity contribution in [2.24, 2.45) is 0 Å². The fourth-order valence-electron chi connectivity index (χ4n) is 4.93. The van der Waals surface area contributed by atoms with Gasteiger partial charge in [-0.1, -0.05) is 61.5 Å². The van der Waals surface area contributed by atoms with E-state index in [0.29, 0.717) is 24.3 Å². The van der Waals surface area contributed by atoms with E-state index in [9.17, 15) is 18.0 Å². The zero-order valence-electron chi connectivity index (χ0n) is 26.2. The molecule has 0 aliphatic carbocycles. The average molecular weight is 608 g/mol. The van der Waals surface area contributed by atoms with E-state index >= 15 is 0 Å². The second kappa shape index (κ2) is 15.6. The van der Waals surface area contributed by atoms with E-state index in [2.05, 4.69) is 5.32 Å². The lowest BCUT2D eigenvalue weighted by Gasteiger charge is -2.33. The normalized spacial score (nSPS) is 12.7. The molecule has 0 saturated heterocycles. The molecule has 8 nitrogen and oxygen atoms in total. The van der Waals surface area contributed by atoms with E-state index in [1.54, 1.807) is 12.0 Å². The van der Waals surface area contributed by atoms with Crippen molar-refractivity contribution in [1.29, 1.82) is 0 Å². The molecule has 0 radical (unpaired) electrons. The highest BCUT2D eigenvalue weighted by molar-refractivity contribution is 7.92. The van der Waals surface area contributed by atoms with Gasteiger partial charge in [0.05, 0.1) is 19.1 Å². The van der Waals surface area contributed by atoms with E-state index < -0.39 is 16.1 Å². The number of nitrogens with one attached hydrogen (secondary N) is 1. The highest BCUT2D eigenvalue weighted by atomic mass is 32.2. The maximum Gasteiger partial charge on any atom is 0.243 e. The standard InChI is InChI=1S/C34H45N3O5S/c1-7-27(4)35-34(39)32(23-28-13-9-8-10-14-28)36(24-29-15-11-16-30(22-29)42-5)33(38)17-12-20-37(43(6,40)41)31-21-25(2)18-19-26(31)3/h8-11,13-16,18-19,21-22,27,32H,7,12,17,20,23-24H2,1-6H3,(H,35,39)/t27-,32+/m0/s1. The van der Waals surface area contributed by atoms with Crippen molar-refractivity contribution in [2.75, 3.05) is 24.2 Å². The van der Waals surface area contributed by atoms with Gasteiger partial charge in [-0.25, -0.2) is 8.42 Å². The molecule has 2 atom stereocenters. The zero-order chi connectivity index (χ0) is 31.6. The molecule has 0 aliphatic heterocycles. The van der Waals surface area contributed by atoms with Gasteiger partial charge in [0.15, 0.2) is 0 Å². The van der Waals surface area contributed by atoms with Gasteiger partial charge in [-0.15, -0.1) is 0 Å². The number of methoxy groups -OCH3 is 1. The summed E-state index contributed by atoms with van der Waals surface area (Å²) in [6.07, 6.45) is 2.65. The Morgan fingerprint density at radius 2 is 1.65 bits per heavy atom. The SMILES string of the molecule is CC[C@H](C)NC(=O)[C@@H](Cc1ccccc1)N(Cc1cccc(OC)c1)C(=O)CCCN(c1cc(C)ccc1C)S(C)(=O)=O. The predicted octanol–water partition coefficient (Wildman–Crippen LogP) is 5.41. The minimum Gasteiger partial charge on any atom is -0.497 e. The molecular weight excluding hydrogens is 562 g/mol. The Balaban J connectivity index is 1.93. The number of hydrogen-bond acceptors (Lipinski definition) is 5. The summed E-state index contributed by atoms with van der Waals surface area (Å²) in [5.41, 5.74) is 4.17. The van der Waals surface area contributed by atoms with Gasteiger partial charge in [0, 0.05) is 32.0 Å². The molecule has 2 amide bonds. The van der Waals surface area contributed by atoms with Crippen LogP contribution < -0.4 is 14.4 Å². The second-order valence-corrected chi connectivity index (χ2v) is 13.0. The van der Waals surface area contributed by atoms with Crippen molar-refractivity contribution in [3.63, 3.8) is 0 Å². The van der Waals surface area contributed by atoms with Crippen LogP contribution in [-0.2, 0) is 32.6 Å². The van der Waals surface area contributed by atoms with Crippen LogP contribution >= 0.6 is 0 Å². The Hall–Kier alpha value is -3.85. The Kier molecular flexibility index (Phi) is 12.2. The van der Waals surface area contributed by atoms with Crippen molar-refractivity contribution in [1.82, 2.24) is 10.2 Å². The molecule has 0 aliphatic rings. The van der Waals surface area contributed by atoms with Crippen molar-refractivity contribution in [3.8, 4) is 5.75 Å². The van der Waals surface area contributed by atoms with Crippen LogP contribution in [0, 0.1) is 13.8 Å². The summed E-state index contributed by atoms with van der Waals surface area (Å²) in [6, 6.07) is 22.0. The third kappa shape index (κ3) is 9.85. The lowest BCUT2D eigenvalue weighted by atomic mass is 10.0. The maximum absolute atomic E-state index is 14.0. The lowest BCUT2D eigenvalue weighted by Crippen LogP contribution is -2.52. The highest BCUT2D eigenvalue weighted by Gasteiger charge is 2.31. The summed E-state index contributed by atoms with van der Waals surface area (Å²) in [4.78, 5) is 29.4. The first-order valence-electron chi connectivity index (χ1n) is 14.7. The van der Waals surface area contributed by atoms with Crippen molar-refractivity contribution in [3.05, 3.63) is 95.1 Å². The molecule has 0 aromatic heterocycles. The Morgan fingerprint density at radius 1 is 0.953 bits per heavy atom. The summed E-state index contributed by atoms with van der Waals surface area (Å²) in [7, 11) is -2.00. The Labute approximate surface area is 257 Å². The molecule has 0 bridgehead atoms. The van der Waals surface area contributed by atoms with Crippen molar-refractivity contribution >= 4 is 27.5 Å². The van der Waals surface area contributed by atoms with Crippen LogP contribution in [0.4, 0.5) is 5.69 Å². The zero-order valence-corrected chi connectivity index (χ0v) is 27.0. The quantitative estimate of drug-likeness (QED) is 0.249. The summed E-state index contributed by atoms with van der Waals surface area (Å²) in [6.45, 7) is 8.08. The molecule has 43 heavy (non-hydrogen) atoms. The Morgan fingerprint density at radius 3 is 2.30 bits per heavy atom. The molecular formula is C34H45N3O5S. The van der Waals surface area contributed by atoms with Gasteiger partial charge in [0.1, 0.15) is 11.8 Å². The fraction of sp³-hybridized carbons (Fsp3) is 0.412. The van der Waals surface area contributed by atoms with Crippen LogP contribution in [0.25, 0.3) is 0 Å². The number of amides is 2. The summed E-state index contributed by atoms with van der Waals surface area (Å²) in [5.74, 6) is 0.214. The van der Waals surface area contributed by atoms with Crippen LogP contribution in [0.15, 0.2) is 72.8 Å². The van der Waals surface area contributed by atoms with Gasteiger partial charge in [-0.05, 0) is 74.1 Å². The second-order valence-electron chi connectivity index (χ2n) is 11.1. The summed E-state index contributed by atoms with van der Waals surface area (Å²) in [5, 5.41) is 3.08. The first kappa shape index (κ1) is 33.6. The van der Waals surface area contributed by atoms with Crippen LogP contribution in [0.3, 0.4) is 0 Å². The third-order valence-electron chi connectivity index (χ3n) is 7.54. The molecule has 0 spiro atoms. The largest absolute Gasteiger partial charge is 0.497 e. The first-order valence-corrected chi connectivity index (χ1v) is 16.6. The minimum atomic E-state index is -3.59. The smallest absolute Gasteiger partial charge is 0.243 e. The van der Waals surface area contributed by atoms with E-state index in [-0.39, 0.29) is 37.4 Å². The molecule has 9 heteroatoms. The molecule has 1 N–H and O–H groups in total. The van der Waals surface area contributed by atoms with E-state index in [1.165, 1.54) is 10.6 Å². The number of rotatable bonds is 15. The summed E-state index contributed by atoms with van der Waals surface area (Å²) < 4.78 is 32.4. The number of anilines is 1. The molecule has 0 unspecified atom stereocenters. The first-order chi connectivity index (χ1) is 20.4. The van der Waals surface area contributed by atoms with Gasteiger partial charge in [0.25, 0.3) is 0 Å². The van der Waals surface area contributed by atoms with Gasteiger partial charge < -0.3 is 15.0 Å². The third-order valence-corrected chi connectivity index (χ3v) is 8.72. The van der Waals surface area contributed by atoms with E-state index in [0.717, 1.165) is 28.7 Å². The number of hydrogen-bond donors (Lipinski definition) is 1. The Bertz CT molecular complexity index is 1480. The van der Waals surface area contributed by atoms with Crippen LogP contribution in [0.2, 0.25) is 0 Å². The number of sulfonamides is 1. The van der Waals surface area contributed by atoms with Gasteiger partial charge in [-0.3, -0.25) is 13.9 Å². The molecule has 3 aromatic rings. The molecule has 0 saturated carbocycles. The number of ether oxygens (including phenoxy) is 1.